The van der Waals surface area contributed by atoms with Gasteiger partial charge in [0.05, 0.1) is 21.8 Å². The Kier molecular flexibility index (Phi) is 3.54. The molecular weight excluding hydrogens is 207 g/mol. The van der Waals surface area contributed by atoms with Gasteiger partial charge in [-0.1, -0.05) is 37.0 Å². The fraction of sp³-hybridized carbons (Fsp3) is 0.444. The van der Waals surface area contributed by atoms with Gasteiger partial charge < -0.3 is 5.73 Å². The van der Waals surface area contributed by atoms with E-state index in [9.17, 15) is 0 Å². The number of pyridine rings is 1. The van der Waals surface area contributed by atoms with Crippen molar-refractivity contribution in [3.05, 3.63) is 28.0 Å². The Labute approximate surface area is 88.1 Å². The average molecular weight is 219 g/mol. The lowest BCUT2D eigenvalue weighted by Gasteiger charge is -2.15. The Balaban J connectivity index is 3.01. The minimum absolute atomic E-state index is 0.134. The molecule has 13 heavy (non-hydrogen) atoms. The van der Waals surface area contributed by atoms with Crippen LogP contribution in [-0.4, -0.2) is 4.98 Å². The third kappa shape index (κ3) is 2.56. The molecule has 0 aliphatic rings. The number of hydrogen-bond donors (Lipinski definition) is 1. The van der Waals surface area contributed by atoms with E-state index in [1.165, 1.54) is 0 Å². The summed E-state index contributed by atoms with van der Waals surface area (Å²) in [6.45, 7) is 4.05. The number of halogens is 2. The van der Waals surface area contributed by atoms with Crippen LogP contribution >= 0.6 is 23.2 Å². The lowest BCUT2D eigenvalue weighted by molar-refractivity contribution is 0.503. The van der Waals surface area contributed by atoms with Gasteiger partial charge >= 0.3 is 0 Å². The summed E-state index contributed by atoms with van der Waals surface area (Å²) >= 11 is 11.7. The van der Waals surface area contributed by atoms with Crippen LogP contribution in [0.4, 0.5) is 0 Å². The van der Waals surface area contributed by atoms with Crippen LogP contribution in [0, 0.1) is 5.92 Å². The lowest BCUT2D eigenvalue weighted by Crippen LogP contribution is -2.18. The van der Waals surface area contributed by atoms with Crippen LogP contribution in [0.3, 0.4) is 0 Å². The van der Waals surface area contributed by atoms with Gasteiger partial charge in [0.2, 0.25) is 0 Å². The summed E-state index contributed by atoms with van der Waals surface area (Å²) in [6.07, 6.45) is 1.56. The Bertz CT molecular complexity index is 300. The number of hydrogen-bond acceptors (Lipinski definition) is 2. The van der Waals surface area contributed by atoms with Crippen LogP contribution in [0.15, 0.2) is 12.3 Å². The van der Waals surface area contributed by atoms with E-state index >= 15 is 0 Å². The van der Waals surface area contributed by atoms with Crippen molar-refractivity contribution < 1.29 is 0 Å². The van der Waals surface area contributed by atoms with Gasteiger partial charge in [0.15, 0.2) is 0 Å². The van der Waals surface area contributed by atoms with Crippen LogP contribution in [0.25, 0.3) is 0 Å². The van der Waals surface area contributed by atoms with Crippen LogP contribution in [0.5, 0.6) is 0 Å². The van der Waals surface area contributed by atoms with Crippen molar-refractivity contribution in [1.29, 1.82) is 0 Å². The normalized spacial score (nSPS) is 13.4. The first kappa shape index (κ1) is 10.8. The van der Waals surface area contributed by atoms with Crippen molar-refractivity contribution in [2.45, 2.75) is 19.9 Å². The van der Waals surface area contributed by atoms with Crippen LogP contribution in [-0.2, 0) is 0 Å². The van der Waals surface area contributed by atoms with Gasteiger partial charge in [0.25, 0.3) is 0 Å². The largest absolute Gasteiger partial charge is 0.322 e. The van der Waals surface area contributed by atoms with Crippen LogP contribution in [0.2, 0.25) is 10.0 Å². The molecular formula is C9H12Cl2N2. The van der Waals surface area contributed by atoms with Gasteiger partial charge in [-0.25, -0.2) is 0 Å². The lowest BCUT2D eigenvalue weighted by atomic mass is 10.0. The molecule has 0 spiro atoms. The maximum atomic E-state index is 5.94. The van der Waals surface area contributed by atoms with E-state index in [4.69, 9.17) is 28.9 Å². The Morgan fingerprint density at radius 1 is 1.38 bits per heavy atom. The molecule has 0 saturated carbocycles. The van der Waals surface area contributed by atoms with Crippen molar-refractivity contribution in [2.75, 3.05) is 0 Å². The van der Waals surface area contributed by atoms with Gasteiger partial charge in [-0.3, -0.25) is 4.98 Å². The summed E-state index contributed by atoms with van der Waals surface area (Å²) in [5.41, 5.74) is 6.61. The minimum Gasteiger partial charge on any atom is -0.322 e. The van der Waals surface area contributed by atoms with Crippen LogP contribution < -0.4 is 5.73 Å². The molecule has 1 heterocycles. The summed E-state index contributed by atoms with van der Waals surface area (Å²) in [5, 5.41) is 1.07. The molecule has 0 unspecified atom stereocenters. The van der Waals surface area contributed by atoms with E-state index in [2.05, 4.69) is 4.98 Å². The Morgan fingerprint density at radius 3 is 2.46 bits per heavy atom. The molecule has 0 bridgehead atoms. The van der Waals surface area contributed by atoms with E-state index in [1.807, 2.05) is 13.8 Å². The molecule has 2 nitrogen and oxygen atoms in total. The Hall–Kier alpha value is -0.310. The average Bonchev–Trinajstić information content (AvgIpc) is 2.03. The Morgan fingerprint density at radius 2 is 2.00 bits per heavy atom. The molecule has 0 aliphatic heterocycles. The first-order valence-electron chi connectivity index (χ1n) is 4.09. The topological polar surface area (TPSA) is 38.9 Å². The van der Waals surface area contributed by atoms with E-state index in [0.717, 1.165) is 0 Å². The number of aromatic nitrogens is 1. The predicted octanol–water partition coefficient (Wildman–Crippen LogP) is 3.04. The smallest absolute Gasteiger partial charge is 0.0760 e. The predicted molar refractivity (Wildman–Crippen MR) is 56.0 cm³/mol. The molecule has 0 aliphatic carbocycles. The minimum atomic E-state index is -0.134. The molecule has 0 saturated heterocycles. The van der Waals surface area contributed by atoms with Crippen LogP contribution in [0.1, 0.15) is 25.6 Å². The molecule has 1 rings (SSSR count). The molecule has 0 radical (unpaired) electrons. The molecule has 1 atom stereocenters. The highest BCUT2D eigenvalue weighted by Crippen LogP contribution is 2.26. The van der Waals surface area contributed by atoms with E-state index in [0.29, 0.717) is 21.7 Å². The first-order chi connectivity index (χ1) is 6.02. The molecule has 1 aromatic heterocycles. The zero-order valence-corrected chi connectivity index (χ0v) is 9.10. The highest BCUT2D eigenvalue weighted by molar-refractivity contribution is 6.34. The van der Waals surface area contributed by atoms with E-state index in [1.54, 1.807) is 12.3 Å². The molecule has 1 aromatic rings. The van der Waals surface area contributed by atoms with E-state index < -0.39 is 0 Å². The second kappa shape index (κ2) is 4.27. The molecule has 0 fully saturated rings. The first-order valence-corrected chi connectivity index (χ1v) is 4.84. The highest BCUT2D eigenvalue weighted by Gasteiger charge is 2.15. The standard InChI is InChI=1S/C9H12Cl2N2/c1-5(2)8(12)9-7(11)3-6(10)4-13-9/h3-5,8H,12H2,1-2H3/t8-/m1/s1. The molecule has 2 N–H and O–H groups in total. The van der Waals surface area contributed by atoms with Crippen molar-refractivity contribution in [1.82, 2.24) is 4.98 Å². The monoisotopic (exact) mass is 218 g/mol. The van der Waals surface area contributed by atoms with Gasteiger partial charge in [0.1, 0.15) is 0 Å². The number of nitrogens with zero attached hydrogens (tertiary/aromatic N) is 1. The maximum Gasteiger partial charge on any atom is 0.0760 e. The van der Waals surface area contributed by atoms with E-state index in [-0.39, 0.29) is 6.04 Å². The van der Waals surface area contributed by atoms with Crippen molar-refractivity contribution in [3.8, 4) is 0 Å². The summed E-state index contributed by atoms with van der Waals surface area (Å²) in [4.78, 5) is 4.11. The summed E-state index contributed by atoms with van der Waals surface area (Å²) in [5.74, 6) is 0.311. The zero-order chi connectivity index (χ0) is 10.0. The highest BCUT2D eigenvalue weighted by atomic mass is 35.5. The van der Waals surface area contributed by atoms with Gasteiger partial charge in [-0.2, -0.15) is 0 Å². The van der Waals surface area contributed by atoms with Crippen molar-refractivity contribution >= 4 is 23.2 Å². The summed E-state index contributed by atoms with van der Waals surface area (Å²) < 4.78 is 0. The fourth-order valence-electron chi connectivity index (χ4n) is 0.986. The molecule has 0 amide bonds. The van der Waals surface area contributed by atoms with Crippen molar-refractivity contribution in [2.24, 2.45) is 11.7 Å². The molecule has 72 valence electrons. The van der Waals surface area contributed by atoms with Gasteiger partial charge in [-0.05, 0) is 12.0 Å². The third-order valence-electron chi connectivity index (χ3n) is 1.87. The second-order valence-electron chi connectivity index (χ2n) is 3.29. The zero-order valence-electron chi connectivity index (χ0n) is 7.59. The third-order valence-corrected chi connectivity index (χ3v) is 2.38. The van der Waals surface area contributed by atoms with Gasteiger partial charge in [-0.15, -0.1) is 0 Å². The summed E-state index contributed by atoms with van der Waals surface area (Å²) in [6, 6.07) is 1.53. The maximum absolute atomic E-state index is 5.94. The quantitative estimate of drug-likeness (QED) is 0.830. The van der Waals surface area contributed by atoms with Gasteiger partial charge in [0, 0.05) is 6.20 Å². The SMILES string of the molecule is CC(C)[C@@H](N)c1ncc(Cl)cc1Cl. The van der Waals surface area contributed by atoms with Crippen molar-refractivity contribution in [3.63, 3.8) is 0 Å². The molecule has 0 aromatic carbocycles. The number of rotatable bonds is 2. The number of nitrogens with two attached hydrogens (primary N) is 1. The summed E-state index contributed by atoms with van der Waals surface area (Å²) in [7, 11) is 0. The fourth-order valence-corrected chi connectivity index (χ4v) is 1.49. The second-order valence-corrected chi connectivity index (χ2v) is 4.13. The molecule has 4 heteroatoms.